The summed E-state index contributed by atoms with van der Waals surface area (Å²) in [6.07, 6.45) is 0. The number of aryl methyl sites for hydroxylation is 3. The zero-order chi connectivity index (χ0) is 23.5. The second kappa shape index (κ2) is 9.71. The van der Waals surface area contributed by atoms with Crippen LogP contribution in [0.4, 0.5) is 0 Å². The zero-order valence-electron chi connectivity index (χ0n) is 19.2. The first-order valence-corrected chi connectivity index (χ1v) is 12.1. The number of hydrogen-bond acceptors (Lipinski definition) is 4. The lowest BCUT2D eigenvalue weighted by molar-refractivity contribution is 0.0519. The summed E-state index contributed by atoms with van der Waals surface area (Å²) in [5.74, 6) is -0.439. The number of hydrogen-bond donors (Lipinski definition) is 1. The first-order valence-electron chi connectivity index (χ1n) is 10.6. The van der Waals surface area contributed by atoms with Gasteiger partial charge < -0.3 is 9.72 Å². The number of carbonyl (C=O) groups excluding carboxylic acids is 1. The Kier molecular flexibility index (Phi) is 7.21. The van der Waals surface area contributed by atoms with Gasteiger partial charge in [-0.1, -0.05) is 42.5 Å². The van der Waals surface area contributed by atoms with Crippen LogP contribution in [0, 0.1) is 27.7 Å². The first kappa shape index (κ1) is 23.8. The smallest absolute Gasteiger partial charge is 0.355 e. The van der Waals surface area contributed by atoms with Gasteiger partial charge in [0.25, 0.3) is 0 Å². The van der Waals surface area contributed by atoms with Crippen LogP contribution in [0.25, 0.3) is 0 Å². The molecule has 170 valence electrons. The minimum absolute atomic E-state index is 0.137. The molecule has 0 unspecified atom stereocenters. The molecular weight excluding hydrogens is 424 g/mol. The van der Waals surface area contributed by atoms with Crippen molar-refractivity contribution in [2.45, 2.75) is 52.6 Å². The van der Waals surface area contributed by atoms with E-state index in [4.69, 9.17) is 4.74 Å². The monoisotopic (exact) mass is 454 g/mol. The Morgan fingerprint density at radius 2 is 1.69 bits per heavy atom. The van der Waals surface area contributed by atoms with Crippen LogP contribution in [-0.2, 0) is 27.8 Å². The van der Waals surface area contributed by atoms with Crippen LogP contribution in [0.3, 0.4) is 0 Å². The number of esters is 1. The molecular formula is C25H30N2O4S. The zero-order valence-corrected chi connectivity index (χ0v) is 20.0. The van der Waals surface area contributed by atoms with Gasteiger partial charge in [0, 0.05) is 18.8 Å². The molecule has 0 amide bonds. The first-order chi connectivity index (χ1) is 15.1. The van der Waals surface area contributed by atoms with Crippen LogP contribution in [0.2, 0.25) is 0 Å². The summed E-state index contributed by atoms with van der Waals surface area (Å²) < 4.78 is 34.2. The minimum Gasteiger partial charge on any atom is -0.461 e. The lowest BCUT2D eigenvalue weighted by Crippen LogP contribution is -2.31. The number of aromatic amines is 1. The van der Waals surface area contributed by atoms with Crippen molar-refractivity contribution < 1.29 is 17.9 Å². The normalized spacial score (nSPS) is 11.7. The third kappa shape index (κ3) is 4.95. The molecule has 0 spiro atoms. The standard InChI is InChI=1S/C25H30N2O4S/c1-6-31-25(28)24-19(4)22(20(5)26-24)16-27(15-21-10-8-7-9-11-21)32(29,30)23-14-17(2)12-13-18(23)3/h7-14,26H,6,15-16H2,1-5H3. The molecule has 1 heterocycles. The quantitative estimate of drug-likeness (QED) is 0.495. The number of H-pyrrole nitrogens is 1. The minimum atomic E-state index is -3.80. The van der Waals surface area contributed by atoms with Gasteiger partial charge in [-0.3, -0.25) is 0 Å². The third-order valence-corrected chi connectivity index (χ3v) is 7.50. The predicted octanol–water partition coefficient (Wildman–Crippen LogP) is 4.82. The van der Waals surface area contributed by atoms with Crippen molar-refractivity contribution in [3.63, 3.8) is 0 Å². The molecule has 0 aliphatic heterocycles. The van der Waals surface area contributed by atoms with Crippen molar-refractivity contribution >= 4 is 16.0 Å². The second-order valence-electron chi connectivity index (χ2n) is 7.98. The summed E-state index contributed by atoms with van der Waals surface area (Å²) in [6, 6.07) is 14.9. The molecule has 3 aromatic rings. The van der Waals surface area contributed by atoms with Gasteiger partial charge in [-0.2, -0.15) is 4.31 Å². The Hall–Kier alpha value is -2.90. The van der Waals surface area contributed by atoms with Crippen molar-refractivity contribution in [3.05, 3.63) is 87.7 Å². The predicted molar refractivity (Wildman–Crippen MR) is 125 cm³/mol. The number of nitrogens with one attached hydrogen (secondary N) is 1. The van der Waals surface area contributed by atoms with Crippen LogP contribution >= 0.6 is 0 Å². The number of nitrogens with zero attached hydrogens (tertiary/aromatic N) is 1. The molecule has 0 saturated heterocycles. The van der Waals surface area contributed by atoms with Gasteiger partial charge in [0.2, 0.25) is 10.0 Å². The molecule has 0 bridgehead atoms. The summed E-state index contributed by atoms with van der Waals surface area (Å²) >= 11 is 0. The van der Waals surface area contributed by atoms with Crippen LogP contribution in [0.5, 0.6) is 0 Å². The molecule has 2 aromatic carbocycles. The van der Waals surface area contributed by atoms with Crippen LogP contribution in [0.15, 0.2) is 53.4 Å². The van der Waals surface area contributed by atoms with Gasteiger partial charge in [-0.25, -0.2) is 13.2 Å². The molecule has 0 radical (unpaired) electrons. The van der Waals surface area contributed by atoms with Crippen molar-refractivity contribution in [1.29, 1.82) is 0 Å². The van der Waals surface area contributed by atoms with Gasteiger partial charge >= 0.3 is 5.97 Å². The number of aromatic nitrogens is 1. The lowest BCUT2D eigenvalue weighted by atomic mass is 10.1. The molecule has 6 nitrogen and oxygen atoms in total. The van der Waals surface area contributed by atoms with Crippen molar-refractivity contribution in [3.8, 4) is 0 Å². The molecule has 0 aliphatic rings. The van der Waals surface area contributed by atoms with Gasteiger partial charge in [-0.15, -0.1) is 0 Å². The van der Waals surface area contributed by atoms with Gasteiger partial charge in [0.05, 0.1) is 11.5 Å². The number of rotatable bonds is 8. The highest BCUT2D eigenvalue weighted by Crippen LogP contribution is 2.28. The number of carbonyl (C=O) groups is 1. The maximum absolute atomic E-state index is 13.8. The van der Waals surface area contributed by atoms with Crippen molar-refractivity contribution in [2.75, 3.05) is 6.61 Å². The molecule has 0 aliphatic carbocycles. The van der Waals surface area contributed by atoms with Crippen LogP contribution in [-0.4, -0.2) is 30.3 Å². The van der Waals surface area contributed by atoms with Crippen molar-refractivity contribution in [2.24, 2.45) is 0 Å². The molecule has 1 aromatic heterocycles. The molecule has 1 N–H and O–H groups in total. The van der Waals surface area contributed by atoms with E-state index < -0.39 is 16.0 Å². The van der Waals surface area contributed by atoms with Crippen molar-refractivity contribution in [1.82, 2.24) is 9.29 Å². The average Bonchev–Trinajstić information content (AvgIpc) is 3.04. The molecule has 32 heavy (non-hydrogen) atoms. The molecule has 0 fully saturated rings. The maximum Gasteiger partial charge on any atom is 0.355 e. The Morgan fingerprint density at radius 3 is 2.34 bits per heavy atom. The molecule has 0 atom stereocenters. The average molecular weight is 455 g/mol. The van der Waals surface area contributed by atoms with Gasteiger partial charge in [-0.05, 0) is 68.5 Å². The summed E-state index contributed by atoms with van der Waals surface area (Å²) in [7, 11) is -3.80. The Bertz CT molecular complexity index is 1210. The van der Waals surface area contributed by atoms with E-state index in [9.17, 15) is 13.2 Å². The van der Waals surface area contributed by atoms with E-state index >= 15 is 0 Å². The summed E-state index contributed by atoms with van der Waals surface area (Å²) in [5, 5.41) is 0. The highest BCUT2D eigenvalue weighted by atomic mass is 32.2. The molecule has 7 heteroatoms. The molecule has 3 rings (SSSR count). The van der Waals surface area contributed by atoms with E-state index in [1.165, 1.54) is 4.31 Å². The fourth-order valence-corrected chi connectivity index (χ4v) is 5.45. The Morgan fingerprint density at radius 1 is 1.00 bits per heavy atom. The van der Waals surface area contributed by atoms with Crippen LogP contribution in [0.1, 0.15) is 50.9 Å². The number of ether oxygens (including phenoxy) is 1. The van der Waals surface area contributed by atoms with Gasteiger partial charge in [0.1, 0.15) is 5.69 Å². The van der Waals surface area contributed by atoms with E-state index in [1.54, 1.807) is 19.9 Å². The van der Waals surface area contributed by atoms with E-state index in [1.807, 2.05) is 63.2 Å². The van der Waals surface area contributed by atoms with Gasteiger partial charge in [0.15, 0.2) is 0 Å². The number of benzene rings is 2. The Labute approximate surface area is 190 Å². The lowest BCUT2D eigenvalue weighted by Gasteiger charge is -2.24. The molecule has 0 saturated carbocycles. The summed E-state index contributed by atoms with van der Waals surface area (Å²) in [4.78, 5) is 15.7. The summed E-state index contributed by atoms with van der Waals surface area (Å²) in [6.45, 7) is 9.72. The van der Waals surface area contributed by atoms with E-state index in [0.29, 0.717) is 21.7 Å². The van der Waals surface area contributed by atoms with E-state index in [0.717, 1.165) is 22.4 Å². The second-order valence-corrected chi connectivity index (χ2v) is 9.88. The fraction of sp³-hybridized carbons (Fsp3) is 0.320. The number of sulfonamides is 1. The third-order valence-electron chi connectivity index (χ3n) is 5.57. The Balaban J connectivity index is 2.07. The summed E-state index contributed by atoms with van der Waals surface area (Å²) in [5.41, 5.74) is 5.06. The van der Waals surface area contributed by atoms with E-state index in [-0.39, 0.29) is 19.7 Å². The maximum atomic E-state index is 13.8. The van der Waals surface area contributed by atoms with Crippen LogP contribution < -0.4 is 0 Å². The topological polar surface area (TPSA) is 79.5 Å². The highest BCUT2D eigenvalue weighted by molar-refractivity contribution is 7.89. The SMILES string of the molecule is CCOC(=O)c1[nH]c(C)c(CN(Cc2ccccc2)S(=O)(=O)c2cc(C)ccc2C)c1C. The fourth-order valence-electron chi connectivity index (χ4n) is 3.75. The largest absolute Gasteiger partial charge is 0.461 e. The highest BCUT2D eigenvalue weighted by Gasteiger charge is 2.29. The van der Waals surface area contributed by atoms with E-state index in [2.05, 4.69) is 4.98 Å².